The number of hydrogen-bond donors (Lipinski definition) is 1. The number of ether oxygens (including phenoxy) is 1. The van der Waals surface area contributed by atoms with E-state index < -0.39 is 0 Å². The number of carbonyl (C=O) groups is 2. The molecule has 0 spiro atoms. The molecule has 3 rings (SSSR count). The fraction of sp³-hybridized carbons (Fsp3) is 0.440. The second kappa shape index (κ2) is 11.4. The number of benzene rings is 2. The third-order valence-corrected chi connectivity index (χ3v) is 5.44. The lowest BCUT2D eigenvalue weighted by molar-refractivity contribution is 0.0762. The Bertz CT molecular complexity index is 842. The monoisotopic (exact) mass is 408 g/mol. The molecule has 0 atom stereocenters. The number of para-hydroxylation sites is 2. The highest BCUT2D eigenvalue weighted by Crippen LogP contribution is 2.23. The highest BCUT2D eigenvalue weighted by atomic mass is 16.5. The zero-order chi connectivity index (χ0) is 21.2. The molecule has 30 heavy (non-hydrogen) atoms. The summed E-state index contributed by atoms with van der Waals surface area (Å²) < 4.78 is 5.85. The number of rotatable bonds is 8. The van der Waals surface area contributed by atoms with E-state index >= 15 is 0 Å². The normalized spacial score (nSPS) is 14.1. The van der Waals surface area contributed by atoms with Gasteiger partial charge in [-0.1, -0.05) is 56.9 Å². The highest BCUT2D eigenvalue weighted by Gasteiger charge is 2.21. The van der Waals surface area contributed by atoms with Crippen LogP contribution in [0, 0.1) is 0 Å². The summed E-state index contributed by atoms with van der Waals surface area (Å²) in [6, 6.07) is 14.5. The van der Waals surface area contributed by atoms with Gasteiger partial charge in [-0.05, 0) is 43.5 Å². The van der Waals surface area contributed by atoms with E-state index in [9.17, 15) is 9.59 Å². The first-order valence-electron chi connectivity index (χ1n) is 11.1. The molecule has 0 bridgehead atoms. The van der Waals surface area contributed by atoms with Crippen molar-refractivity contribution in [3.8, 4) is 5.75 Å². The fourth-order valence-electron chi connectivity index (χ4n) is 3.73. The molecule has 0 aromatic heterocycles. The number of anilines is 1. The minimum absolute atomic E-state index is 0.0168. The highest BCUT2D eigenvalue weighted by molar-refractivity contribution is 6.10. The van der Waals surface area contributed by atoms with E-state index in [-0.39, 0.29) is 11.8 Å². The number of unbranched alkanes of at least 4 members (excludes halogenated alkanes) is 2. The lowest BCUT2D eigenvalue weighted by Crippen LogP contribution is -2.32. The smallest absolute Gasteiger partial charge is 0.259 e. The number of likely N-dealkylation sites (tertiary alicyclic amines) is 1. The molecule has 2 aromatic rings. The Morgan fingerprint density at radius 1 is 0.900 bits per heavy atom. The maximum atomic E-state index is 13.1. The van der Waals surface area contributed by atoms with Crippen LogP contribution in [0.5, 0.6) is 5.75 Å². The Kier molecular flexibility index (Phi) is 8.30. The maximum absolute atomic E-state index is 13.1. The molecular formula is C25H32N2O3. The van der Waals surface area contributed by atoms with Crippen molar-refractivity contribution in [3.05, 3.63) is 59.7 Å². The van der Waals surface area contributed by atoms with Gasteiger partial charge in [0.25, 0.3) is 11.8 Å². The lowest BCUT2D eigenvalue weighted by atomic mass is 10.1. The molecule has 1 saturated heterocycles. The predicted octanol–water partition coefficient (Wildman–Crippen LogP) is 5.52. The average molecular weight is 409 g/mol. The summed E-state index contributed by atoms with van der Waals surface area (Å²) in [4.78, 5) is 28.0. The minimum atomic E-state index is -0.266. The molecule has 1 aliphatic heterocycles. The molecule has 1 heterocycles. The van der Waals surface area contributed by atoms with Crippen molar-refractivity contribution in [2.45, 2.75) is 51.9 Å². The van der Waals surface area contributed by atoms with Crippen LogP contribution in [-0.2, 0) is 0 Å². The summed E-state index contributed by atoms with van der Waals surface area (Å²) >= 11 is 0. The van der Waals surface area contributed by atoms with Crippen molar-refractivity contribution < 1.29 is 14.3 Å². The van der Waals surface area contributed by atoms with Crippen LogP contribution in [0.2, 0.25) is 0 Å². The van der Waals surface area contributed by atoms with Crippen molar-refractivity contribution in [3.63, 3.8) is 0 Å². The van der Waals surface area contributed by atoms with Gasteiger partial charge in [-0.3, -0.25) is 9.59 Å². The Morgan fingerprint density at radius 3 is 2.30 bits per heavy atom. The first kappa shape index (κ1) is 21.9. The van der Waals surface area contributed by atoms with Gasteiger partial charge in [0.05, 0.1) is 23.4 Å². The number of carbonyl (C=O) groups excluding carboxylic acids is 2. The van der Waals surface area contributed by atoms with Crippen LogP contribution in [0.1, 0.15) is 72.6 Å². The molecule has 1 fully saturated rings. The molecule has 2 amide bonds. The average Bonchev–Trinajstić information content (AvgIpc) is 3.06. The molecule has 160 valence electrons. The summed E-state index contributed by atoms with van der Waals surface area (Å²) in [5, 5.41) is 2.94. The Balaban J connectivity index is 1.74. The Hall–Kier alpha value is -2.82. The summed E-state index contributed by atoms with van der Waals surface area (Å²) in [6.07, 6.45) is 7.56. The number of hydrogen-bond acceptors (Lipinski definition) is 3. The zero-order valence-corrected chi connectivity index (χ0v) is 17.9. The van der Waals surface area contributed by atoms with Gasteiger partial charge in [0.2, 0.25) is 0 Å². The van der Waals surface area contributed by atoms with Crippen molar-refractivity contribution in [2.24, 2.45) is 0 Å². The van der Waals surface area contributed by atoms with Crippen molar-refractivity contribution in [1.29, 1.82) is 0 Å². The largest absolute Gasteiger partial charge is 0.493 e. The van der Waals surface area contributed by atoms with Gasteiger partial charge in [-0.25, -0.2) is 0 Å². The van der Waals surface area contributed by atoms with Crippen LogP contribution in [0.4, 0.5) is 5.69 Å². The van der Waals surface area contributed by atoms with E-state index in [2.05, 4.69) is 12.2 Å². The zero-order valence-electron chi connectivity index (χ0n) is 17.9. The molecule has 5 nitrogen and oxygen atoms in total. The third kappa shape index (κ3) is 5.85. The molecule has 0 saturated carbocycles. The second-order valence-corrected chi connectivity index (χ2v) is 7.76. The number of nitrogens with one attached hydrogen (secondary N) is 1. The predicted molar refractivity (Wildman–Crippen MR) is 120 cm³/mol. The molecule has 0 aliphatic carbocycles. The van der Waals surface area contributed by atoms with Gasteiger partial charge in [-0.15, -0.1) is 0 Å². The van der Waals surface area contributed by atoms with E-state index in [1.807, 2.05) is 35.2 Å². The van der Waals surface area contributed by atoms with Crippen LogP contribution < -0.4 is 10.1 Å². The van der Waals surface area contributed by atoms with Gasteiger partial charge in [0.1, 0.15) is 5.75 Å². The van der Waals surface area contributed by atoms with E-state index in [0.717, 1.165) is 58.0 Å². The summed E-state index contributed by atoms with van der Waals surface area (Å²) in [5.41, 5.74) is 1.55. The van der Waals surface area contributed by atoms with E-state index in [1.54, 1.807) is 18.2 Å². The van der Waals surface area contributed by atoms with Crippen LogP contribution in [-0.4, -0.2) is 36.4 Å². The van der Waals surface area contributed by atoms with Crippen LogP contribution >= 0.6 is 0 Å². The fourth-order valence-corrected chi connectivity index (χ4v) is 3.73. The summed E-state index contributed by atoms with van der Waals surface area (Å²) in [6.45, 7) is 4.28. The quantitative estimate of drug-likeness (QED) is 0.585. The second-order valence-electron chi connectivity index (χ2n) is 7.76. The SMILES string of the molecule is CCCCCOc1ccccc1C(=O)Nc1ccccc1C(=O)N1CCCCCC1. The number of nitrogens with zero attached hydrogens (tertiary/aromatic N) is 1. The van der Waals surface area contributed by atoms with Crippen molar-refractivity contribution >= 4 is 17.5 Å². The lowest BCUT2D eigenvalue weighted by Gasteiger charge is -2.22. The van der Waals surface area contributed by atoms with Crippen molar-refractivity contribution in [1.82, 2.24) is 4.90 Å². The van der Waals surface area contributed by atoms with Crippen LogP contribution in [0.15, 0.2) is 48.5 Å². The molecule has 2 aromatic carbocycles. The molecule has 0 unspecified atom stereocenters. The standard InChI is InChI=1S/C25H32N2O3/c1-2-3-12-19-30-23-16-9-7-14-21(23)24(28)26-22-15-8-6-13-20(22)25(29)27-17-10-4-5-11-18-27/h6-9,13-16H,2-5,10-12,17-19H2,1H3,(H,26,28). The maximum Gasteiger partial charge on any atom is 0.259 e. The number of amides is 2. The van der Waals surface area contributed by atoms with Crippen LogP contribution in [0.25, 0.3) is 0 Å². The topological polar surface area (TPSA) is 58.6 Å². The molecule has 1 N–H and O–H groups in total. The van der Waals surface area contributed by atoms with Crippen molar-refractivity contribution in [2.75, 3.05) is 25.0 Å². The molecule has 5 heteroatoms. The van der Waals surface area contributed by atoms with Gasteiger partial charge in [-0.2, -0.15) is 0 Å². The molecular weight excluding hydrogens is 376 g/mol. The van der Waals surface area contributed by atoms with Gasteiger partial charge in [0, 0.05) is 13.1 Å². The molecule has 1 aliphatic rings. The summed E-state index contributed by atoms with van der Waals surface area (Å²) in [7, 11) is 0. The Labute approximate surface area is 179 Å². The van der Waals surface area contributed by atoms with Gasteiger partial charge < -0.3 is 15.0 Å². The minimum Gasteiger partial charge on any atom is -0.493 e. The first-order valence-corrected chi connectivity index (χ1v) is 11.1. The Morgan fingerprint density at radius 2 is 1.57 bits per heavy atom. The van der Waals surface area contributed by atoms with E-state index in [1.165, 1.54) is 0 Å². The van der Waals surface area contributed by atoms with Crippen LogP contribution in [0.3, 0.4) is 0 Å². The first-order chi connectivity index (χ1) is 14.7. The van der Waals surface area contributed by atoms with E-state index in [0.29, 0.717) is 29.2 Å². The van der Waals surface area contributed by atoms with Gasteiger partial charge >= 0.3 is 0 Å². The molecule has 0 radical (unpaired) electrons. The van der Waals surface area contributed by atoms with Gasteiger partial charge in [0.15, 0.2) is 0 Å². The van der Waals surface area contributed by atoms with E-state index in [4.69, 9.17) is 4.74 Å². The summed E-state index contributed by atoms with van der Waals surface area (Å²) in [5.74, 6) is 0.288. The third-order valence-electron chi connectivity index (χ3n) is 5.44.